The number of aromatic amines is 1. The number of fused-ring (bicyclic) bond motifs is 4. The number of nitrogens with zero attached hydrogens (tertiary/aromatic N) is 1. The molecule has 5 rings (SSSR count). The lowest BCUT2D eigenvalue weighted by atomic mass is 9.89. The number of aromatic nitrogens is 2. The summed E-state index contributed by atoms with van der Waals surface area (Å²) in [6.45, 7) is 0.209. The zero-order valence-corrected chi connectivity index (χ0v) is 13.3. The molecule has 1 aromatic heterocycles. The maximum atomic E-state index is 12.7. The average Bonchev–Trinajstić information content (AvgIpc) is 3.28. The smallest absolute Gasteiger partial charge is 0.273 e. The minimum Gasteiger partial charge on any atom is -0.454 e. The van der Waals surface area contributed by atoms with Crippen LogP contribution in [0.4, 0.5) is 5.69 Å². The van der Waals surface area contributed by atoms with Gasteiger partial charge < -0.3 is 14.8 Å². The largest absolute Gasteiger partial charge is 0.454 e. The van der Waals surface area contributed by atoms with Crippen molar-refractivity contribution in [2.45, 2.75) is 12.8 Å². The van der Waals surface area contributed by atoms with Crippen molar-refractivity contribution >= 4 is 11.6 Å². The molecular formula is C19H15N3O3. The van der Waals surface area contributed by atoms with Crippen LogP contribution in [0.5, 0.6) is 11.5 Å². The maximum Gasteiger partial charge on any atom is 0.273 e. The lowest BCUT2D eigenvalue weighted by Gasteiger charge is -2.15. The first-order valence-corrected chi connectivity index (χ1v) is 8.16. The summed E-state index contributed by atoms with van der Waals surface area (Å²) in [5, 5.41) is 10.2. The van der Waals surface area contributed by atoms with Gasteiger partial charge in [0.25, 0.3) is 5.91 Å². The van der Waals surface area contributed by atoms with Crippen LogP contribution in [0.2, 0.25) is 0 Å². The number of anilines is 1. The predicted octanol–water partition coefficient (Wildman–Crippen LogP) is 3.16. The topological polar surface area (TPSA) is 76.2 Å². The van der Waals surface area contributed by atoms with E-state index in [4.69, 9.17) is 9.47 Å². The van der Waals surface area contributed by atoms with Crippen LogP contribution in [0.1, 0.15) is 21.6 Å². The van der Waals surface area contributed by atoms with Gasteiger partial charge in [0.2, 0.25) is 6.79 Å². The van der Waals surface area contributed by atoms with Gasteiger partial charge in [-0.3, -0.25) is 9.89 Å². The second kappa shape index (κ2) is 5.37. The highest BCUT2D eigenvalue weighted by atomic mass is 16.7. The SMILES string of the molecule is O=C(Nc1ccc2c(c1)OCO2)c1[nH]nc2c1CCc1ccccc1-2. The molecule has 0 saturated carbocycles. The molecule has 1 aliphatic heterocycles. The van der Waals surface area contributed by atoms with E-state index in [-0.39, 0.29) is 12.7 Å². The third kappa shape index (κ3) is 2.26. The first kappa shape index (κ1) is 14.1. The van der Waals surface area contributed by atoms with E-state index in [1.54, 1.807) is 18.2 Å². The molecule has 3 aromatic rings. The second-order valence-corrected chi connectivity index (χ2v) is 6.11. The molecule has 2 heterocycles. The van der Waals surface area contributed by atoms with Gasteiger partial charge in [-0.05, 0) is 30.5 Å². The summed E-state index contributed by atoms with van der Waals surface area (Å²) in [5.74, 6) is 1.12. The van der Waals surface area contributed by atoms with E-state index < -0.39 is 0 Å². The van der Waals surface area contributed by atoms with E-state index in [0.29, 0.717) is 22.9 Å². The first-order valence-electron chi connectivity index (χ1n) is 8.16. The minimum absolute atomic E-state index is 0.202. The van der Waals surface area contributed by atoms with Gasteiger partial charge in [-0.2, -0.15) is 5.10 Å². The van der Waals surface area contributed by atoms with Crippen LogP contribution in [-0.4, -0.2) is 22.9 Å². The normalized spacial score (nSPS) is 13.9. The Bertz CT molecular complexity index is 993. The molecule has 1 aliphatic carbocycles. The molecule has 0 saturated heterocycles. The fraction of sp³-hybridized carbons (Fsp3) is 0.158. The predicted molar refractivity (Wildman–Crippen MR) is 91.9 cm³/mol. The van der Waals surface area contributed by atoms with Gasteiger partial charge in [0.1, 0.15) is 5.69 Å². The number of hydrogen-bond acceptors (Lipinski definition) is 4. The second-order valence-electron chi connectivity index (χ2n) is 6.11. The van der Waals surface area contributed by atoms with Crippen LogP contribution < -0.4 is 14.8 Å². The number of benzene rings is 2. The monoisotopic (exact) mass is 333 g/mol. The van der Waals surface area contributed by atoms with Crippen LogP contribution in [0.25, 0.3) is 11.3 Å². The van der Waals surface area contributed by atoms with Crippen molar-refractivity contribution in [3.05, 3.63) is 59.3 Å². The van der Waals surface area contributed by atoms with Gasteiger partial charge in [-0.15, -0.1) is 0 Å². The van der Waals surface area contributed by atoms with Gasteiger partial charge in [0, 0.05) is 22.9 Å². The molecule has 0 atom stereocenters. The molecular weight excluding hydrogens is 318 g/mol. The molecule has 6 nitrogen and oxygen atoms in total. The quantitative estimate of drug-likeness (QED) is 0.755. The van der Waals surface area contributed by atoms with Gasteiger partial charge in [-0.25, -0.2) is 0 Å². The molecule has 2 aliphatic rings. The molecule has 124 valence electrons. The minimum atomic E-state index is -0.202. The van der Waals surface area contributed by atoms with Crippen molar-refractivity contribution in [2.75, 3.05) is 12.1 Å². The lowest BCUT2D eigenvalue weighted by Crippen LogP contribution is -2.15. The summed E-state index contributed by atoms with van der Waals surface area (Å²) in [7, 11) is 0. The van der Waals surface area contributed by atoms with Crippen molar-refractivity contribution in [1.29, 1.82) is 0 Å². The third-order valence-electron chi connectivity index (χ3n) is 4.64. The van der Waals surface area contributed by atoms with Crippen LogP contribution in [-0.2, 0) is 12.8 Å². The number of ether oxygens (including phenoxy) is 2. The molecule has 0 radical (unpaired) electrons. The first-order chi connectivity index (χ1) is 12.3. The number of carbonyl (C=O) groups excluding carboxylic acids is 1. The number of H-pyrrole nitrogens is 1. The molecule has 1 amide bonds. The highest BCUT2D eigenvalue weighted by molar-refractivity contribution is 6.05. The van der Waals surface area contributed by atoms with E-state index >= 15 is 0 Å². The Morgan fingerprint density at radius 2 is 1.96 bits per heavy atom. The Hall–Kier alpha value is -3.28. The van der Waals surface area contributed by atoms with Gasteiger partial charge in [0.05, 0.1) is 5.69 Å². The molecule has 0 unspecified atom stereocenters. The Morgan fingerprint density at radius 1 is 1.08 bits per heavy atom. The van der Waals surface area contributed by atoms with E-state index in [2.05, 4.69) is 21.6 Å². The van der Waals surface area contributed by atoms with Gasteiger partial charge >= 0.3 is 0 Å². The zero-order chi connectivity index (χ0) is 16.8. The van der Waals surface area contributed by atoms with Crippen LogP contribution in [0.3, 0.4) is 0 Å². The van der Waals surface area contributed by atoms with Gasteiger partial charge in [0.15, 0.2) is 11.5 Å². The number of hydrogen-bond donors (Lipinski definition) is 2. The van der Waals surface area contributed by atoms with Gasteiger partial charge in [-0.1, -0.05) is 24.3 Å². The molecule has 0 fully saturated rings. The zero-order valence-electron chi connectivity index (χ0n) is 13.3. The van der Waals surface area contributed by atoms with E-state index in [1.165, 1.54) is 5.56 Å². The molecule has 0 spiro atoms. The molecule has 2 N–H and O–H groups in total. The summed E-state index contributed by atoms with van der Waals surface area (Å²) >= 11 is 0. The third-order valence-corrected chi connectivity index (χ3v) is 4.64. The Kier molecular flexibility index (Phi) is 3.03. The lowest BCUT2D eigenvalue weighted by molar-refractivity contribution is 0.102. The van der Waals surface area contributed by atoms with Crippen LogP contribution in [0, 0.1) is 0 Å². The van der Waals surface area contributed by atoms with Crippen molar-refractivity contribution in [3.63, 3.8) is 0 Å². The number of carbonyl (C=O) groups is 1. The van der Waals surface area contributed by atoms with E-state index in [9.17, 15) is 4.79 Å². The Labute approximate surface area is 143 Å². The fourth-order valence-electron chi connectivity index (χ4n) is 3.42. The van der Waals surface area contributed by atoms with Crippen molar-refractivity contribution in [3.8, 4) is 22.8 Å². The highest BCUT2D eigenvalue weighted by Gasteiger charge is 2.25. The Balaban J connectivity index is 1.45. The number of amides is 1. The maximum absolute atomic E-state index is 12.7. The van der Waals surface area contributed by atoms with Crippen LogP contribution in [0.15, 0.2) is 42.5 Å². The molecule has 6 heteroatoms. The Morgan fingerprint density at radius 3 is 2.92 bits per heavy atom. The van der Waals surface area contributed by atoms with Crippen molar-refractivity contribution in [1.82, 2.24) is 10.2 Å². The van der Waals surface area contributed by atoms with E-state index in [1.807, 2.05) is 18.2 Å². The molecule has 0 bridgehead atoms. The number of nitrogens with one attached hydrogen (secondary N) is 2. The standard InChI is InChI=1S/C19H15N3O3/c23-19(20-12-6-8-15-16(9-12)25-10-24-15)18-14-7-5-11-3-1-2-4-13(11)17(14)21-22-18/h1-4,6,8-9H,5,7,10H2,(H,20,23)(H,21,22). The summed E-state index contributed by atoms with van der Waals surface area (Å²) in [4.78, 5) is 12.7. The van der Waals surface area contributed by atoms with Crippen molar-refractivity contribution < 1.29 is 14.3 Å². The molecule has 2 aromatic carbocycles. The summed E-state index contributed by atoms with van der Waals surface area (Å²) in [6.07, 6.45) is 1.71. The van der Waals surface area contributed by atoms with Crippen molar-refractivity contribution in [2.24, 2.45) is 0 Å². The molecule has 25 heavy (non-hydrogen) atoms. The summed E-state index contributed by atoms with van der Waals surface area (Å²) < 4.78 is 10.6. The highest BCUT2D eigenvalue weighted by Crippen LogP contribution is 2.35. The fourth-order valence-corrected chi connectivity index (χ4v) is 3.42. The number of rotatable bonds is 2. The van der Waals surface area contributed by atoms with E-state index in [0.717, 1.165) is 29.7 Å². The average molecular weight is 333 g/mol. The van der Waals surface area contributed by atoms with Crippen LogP contribution >= 0.6 is 0 Å². The summed E-state index contributed by atoms with van der Waals surface area (Å²) in [5.41, 5.74) is 5.39. The number of aryl methyl sites for hydroxylation is 1. The summed E-state index contributed by atoms with van der Waals surface area (Å²) in [6, 6.07) is 13.5.